The van der Waals surface area contributed by atoms with Gasteiger partial charge in [-0.15, -0.1) is 0 Å². The number of hydrogen-bond donors (Lipinski definition) is 5. The first-order valence-corrected chi connectivity index (χ1v) is 11.0. The molecule has 0 saturated heterocycles. The summed E-state index contributed by atoms with van der Waals surface area (Å²) in [5.74, 6) is -0.0500. The lowest BCUT2D eigenvalue weighted by molar-refractivity contribution is -0.0207. The van der Waals surface area contributed by atoms with Gasteiger partial charge in [-0.1, -0.05) is 18.2 Å². The molecule has 1 aromatic rings. The average molecular weight is 417 g/mol. The van der Waals surface area contributed by atoms with Crippen molar-refractivity contribution in [2.75, 3.05) is 18.0 Å². The predicted molar refractivity (Wildman–Crippen MR) is 94.6 cm³/mol. The van der Waals surface area contributed by atoms with E-state index >= 15 is 0 Å². The number of ether oxygens (including phenoxy) is 2. The van der Waals surface area contributed by atoms with Crippen LogP contribution in [0.1, 0.15) is 0 Å². The molecule has 0 aliphatic heterocycles. The third-order valence-corrected chi connectivity index (χ3v) is 4.08. The molecule has 0 saturated carbocycles. The van der Waals surface area contributed by atoms with Crippen LogP contribution in [0.5, 0.6) is 0 Å². The molecule has 1 aliphatic carbocycles. The standard InChI is InChI=1S/C14H17N3O8P2/c15-17-12-7-13(24-8-26(18,19)20)11(16-10-4-2-1-3-5-10)6-14(12)25-9-27(21,22)23/h1-7,14,16H,8-9H2,(H2,18,19,20)(H2,21,22,23). The molecule has 146 valence electrons. The van der Waals surface area contributed by atoms with Gasteiger partial charge in [0.15, 0.2) is 18.2 Å². The highest BCUT2D eigenvalue weighted by atomic mass is 31.2. The quantitative estimate of drug-likeness (QED) is 0.236. The van der Waals surface area contributed by atoms with E-state index in [1.54, 1.807) is 30.3 Å². The Hall–Kier alpha value is -2.06. The molecule has 1 atom stereocenters. The highest BCUT2D eigenvalue weighted by Gasteiger charge is 2.32. The number of para-hydroxylation sites is 1. The number of hydrogen-bond acceptors (Lipinski definition) is 5. The van der Waals surface area contributed by atoms with Crippen LogP contribution in [0, 0.1) is 0 Å². The molecule has 13 heteroatoms. The van der Waals surface area contributed by atoms with Crippen LogP contribution in [0.2, 0.25) is 0 Å². The highest BCUT2D eigenvalue weighted by molar-refractivity contribution is 7.51. The normalized spacial score (nSPS) is 17.6. The Morgan fingerprint density at radius 2 is 1.70 bits per heavy atom. The fourth-order valence-corrected chi connectivity index (χ4v) is 2.73. The van der Waals surface area contributed by atoms with E-state index in [1.165, 1.54) is 6.08 Å². The van der Waals surface area contributed by atoms with E-state index in [9.17, 15) is 9.13 Å². The first kappa shape index (κ1) is 21.2. The third-order valence-electron chi connectivity index (χ3n) is 3.13. The summed E-state index contributed by atoms with van der Waals surface area (Å²) in [6.07, 6.45) is -0.508. The van der Waals surface area contributed by atoms with Crippen LogP contribution < -0.4 is 5.32 Å². The van der Waals surface area contributed by atoms with Crippen molar-refractivity contribution in [1.29, 1.82) is 0 Å². The zero-order valence-electron chi connectivity index (χ0n) is 13.7. The lowest BCUT2D eigenvalue weighted by Gasteiger charge is -2.21. The van der Waals surface area contributed by atoms with E-state index in [1.807, 2.05) is 0 Å². The maximum atomic E-state index is 11.1. The summed E-state index contributed by atoms with van der Waals surface area (Å²) in [5, 5.41) is 2.94. The summed E-state index contributed by atoms with van der Waals surface area (Å²) in [6.45, 7) is 0. The second kappa shape index (κ2) is 8.75. The molecule has 0 aromatic heterocycles. The number of benzene rings is 1. The van der Waals surface area contributed by atoms with Gasteiger partial charge in [0.1, 0.15) is 6.35 Å². The minimum Gasteiger partial charge on any atom is -0.478 e. The van der Waals surface area contributed by atoms with Crippen molar-refractivity contribution >= 4 is 26.6 Å². The summed E-state index contributed by atoms with van der Waals surface area (Å²) < 4.78 is 32.3. The van der Waals surface area contributed by atoms with Gasteiger partial charge in [0, 0.05) is 5.69 Å². The summed E-state index contributed by atoms with van der Waals surface area (Å²) in [5.41, 5.74) is 9.77. The Balaban J connectivity index is 2.31. The van der Waals surface area contributed by atoms with Crippen LogP contribution in [-0.4, -0.2) is 48.9 Å². The van der Waals surface area contributed by atoms with Crippen LogP contribution in [0.3, 0.4) is 0 Å². The number of anilines is 1. The Kier molecular flexibility index (Phi) is 6.89. The Bertz CT molecular complexity index is 883. The molecule has 1 unspecified atom stereocenters. The largest absolute Gasteiger partial charge is 0.478 e. The van der Waals surface area contributed by atoms with E-state index in [0.29, 0.717) is 5.69 Å². The van der Waals surface area contributed by atoms with Crippen molar-refractivity contribution in [3.05, 3.63) is 59.5 Å². The Morgan fingerprint density at radius 1 is 1.07 bits per heavy atom. The van der Waals surface area contributed by atoms with Gasteiger partial charge in [-0.25, -0.2) is 0 Å². The minimum atomic E-state index is -4.47. The van der Waals surface area contributed by atoms with E-state index in [0.717, 1.165) is 6.08 Å². The maximum Gasteiger partial charge on any atom is 0.362 e. The molecule has 1 aliphatic rings. The molecule has 0 fully saturated rings. The first-order chi connectivity index (χ1) is 12.6. The molecule has 2 rings (SSSR count). The molecule has 0 spiro atoms. The maximum absolute atomic E-state index is 11.1. The lowest BCUT2D eigenvalue weighted by Crippen LogP contribution is -2.28. The average Bonchev–Trinajstić information content (AvgIpc) is 2.58. The number of rotatable bonds is 8. The molecule has 1 aromatic carbocycles. The monoisotopic (exact) mass is 417 g/mol. The fourth-order valence-electron chi connectivity index (χ4n) is 2.06. The molecule has 5 N–H and O–H groups in total. The van der Waals surface area contributed by atoms with Gasteiger partial charge in [-0.3, -0.25) is 9.13 Å². The van der Waals surface area contributed by atoms with Crippen molar-refractivity contribution in [2.24, 2.45) is 0 Å². The third kappa shape index (κ3) is 7.22. The highest BCUT2D eigenvalue weighted by Crippen LogP contribution is 2.37. The second-order valence-electron chi connectivity index (χ2n) is 5.42. The molecular weight excluding hydrogens is 400 g/mol. The smallest absolute Gasteiger partial charge is 0.362 e. The van der Waals surface area contributed by atoms with Crippen molar-refractivity contribution in [3.8, 4) is 0 Å². The van der Waals surface area contributed by atoms with Gasteiger partial charge in [0.25, 0.3) is 0 Å². The van der Waals surface area contributed by atoms with Crippen LogP contribution in [-0.2, 0) is 18.6 Å². The Labute approximate surface area is 153 Å². The molecule has 27 heavy (non-hydrogen) atoms. The molecule has 0 heterocycles. The van der Waals surface area contributed by atoms with Gasteiger partial charge in [-0.05, 0) is 18.2 Å². The van der Waals surface area contributed by atoms with Crippen LogP contribution >= 0.6 is 15.2 Å². The van der Waals surface area contributed by atoms with E-state index in [-0.39, 0.29) is 17.2 Å². The predicted octanol–water partition coefficient (Wildman–Crippen LogP) is 1.22. The summed E-state index contributed by atoms with van der Waals surface area (Å²) in [7, 11) is -8.94. The van der Waals surface area contributed by atoms with Gasteiger partial charge in [0.2, 0.25) is 0 Å². The van der Waals surface area contributed by atoms with E-state index < -0.39 is 34.0 Å². The van der Waals surface area contributed by atoms with E-state index in [4.69, 9.17) is 34.6 Å². The second-order valence-corrected chi connectivity index (χ2v) is 8.60. The van der Waals surface area contributed by atoms with Crippen LogP contribution in [0.25, 0.3) is 5.53 Å². The summed E-state index contributed by atoms with van der Waals surface area (Å²) >= 11 is 0. The zero-order chi connectivity index (χ0) is 20.1. The lowest BCUT2D eigenvalue weighted by atomic mass is 10.1. The van der Waals surface area contributed by atoms with Gasteiger partial charge in [-0.2, -0.15) is 4.79 Å². The van der Waals surface area contributed by atoms with Crippen molar-refractivity contribution in [3.63, 3.8) is 0 Å². The van der Waals surface area contributed by atoms with Crippen molar-refractivity contribution in [1.82, 2.24) is 0 Å². The minimum absolute atomic E-state index is 0.0500. The number of nitrogens with zero attached hydrogens (tertiary/aromatic N) is 2. The fraction of sp³-hybridized carbons (Fsp3) is 0.214. The molecule has 0 bridgehead atoms. The van der Waals surface area contributed by atoms with Crippen LogP contribution in [0.4, 0.5) is 5.69 Å². The van der Waals surface area contributed by atoms with Gasteiger partial charge < -0.3 is 39.9 Å². The molecule has 11 nitrogen and oxygen atoms in total. The SMILES string of the molecule is [N-]=[N+]=C1C=C(OCP(=O)(O)O)C(Nc2ccccc2)=CC1OCP(=O)(O)O. The van der Waals surface area contributed by atoms with Crippen molar-refractivity contribution in [2.45, 2.75) is 6.10 Å². The first-order valence-electron chi connectivity index (χ1n) is 7.39. The van der Waals surface area contributed by atoms with Gasteiger partial charge >= 0.3 is 20.9 Å². The van der Waals surface area contributed by atoms with E-state index in [2.05, 4.69) is 10.1 Å². The molecular formula is C14H17N3O8P2. The Morgan fingerprint density at radius 3 is 2.26 bits per heavy atom. The summed E-state index contributed by atoms with van der Waals surface area (Å²) in [6, 6.07) is 8.69. The molecule has 0 amide bonds. The van der Waals surface area contributed by atoms with Crippen molar-refractivity contribution < 1.29 is 43.0 Å². The topological polar surface area (TPSA) is 182 Å². The zero-order valence-corrected chi connectivity index (χ0v) is 15.5. The number of nitrogens with one attached hydrogen (secondary N) is 1. The molecule has 0 radical (unpaired) electrons. The van der Waals surface area contributed by atoms with Gasteiger partial charge in [0.05, 0.1) is 11.8 Å². The summed E-state index contributed by atoms with van der Waals surface area (Å²) in [4.78, 5) is 38.9. The van der Waals surface area contributed by atoms with Crippen LogP contribution in [0.15, 0.2) is 53.9 Å².